The molecule has 3 aliphatic carbocycles. The first-order valence-electron chi connectivity index (χ1n) is 14.1. The fraction of sp³-hybridized carbons (Fsp3) is 0.438. The Morgan fingerprint density at radius 2 is 0.857 bits per heavy atom. The molecule has 1 saturated carbocycles. The van der Waals surface area contributed by atoms with Gasteiger partial charge in [0.15, 0.2) is 23.0 Å². The van der Waals surface area contributed by atoms with Gasteiger partial charge in [0.25, 0.3) is 0 Å². The maximum absolute atomic E-state index is 13.7. The van der Waals surface area contributed by atoms with Crippen molar-refractivity contribution in [1.82, 2.24) is 9.80 Å². The van der Waals surface area contributed by atoms with Gasteiger partial charge in [-0.15, -0.1) is 0 Å². The summed E-state index contributed by atoms with van der Waals surface area (Å²) >= 11 is 0. The van der Waals surface area contributed by atoms with Gasteiger partial charge in [0.2, 0.25) is 23.6 Å². The van der Waals surface area contributed by atoms with E-state index in [9.17, 15) is 19.2 Å². The molecule has 2 unspecified atom stereocenters. The van der Waals surface area contributed by atoms with Crippen molar-refractivity contribution in [3.05, 3.63) is 59.7 Å². The normalized spacial score (nSPS) is 27.4. The lowest BCUT2D eigenvalue weighted by Gasteiger charge is -2.44. The number of amides is 4. The highest BCUT2D eigenvalue weighted by Crippen LogP contribution is 2.57. The first kappa shape index (κ1) is 27.8. The minimum atomic E-state index is -0.623. The van der Waals surface area contributed by atoms with Gasteiger partial charge in [-0.05, 0) is 48.2 Å². The molecule has 3 fully saturated rings. The van der Waals surface area contributed by atoms with Crippen LogP contribution in [0.15, 0.2) is 48.6 Å². The molecule has 2 aromatic rings. The molecule has 4 amide bonds. The SMILES string of the molecule is COc1ccc(CCN2C(=O)[C@@H]3C4C=CC([C@@H]3C2=O)[C@@H]2C(=O)N(CCc3ccc(OC)c(OC)c3)C(=O)[C@@H]42)cc1OC. The molecule has 0 radical (unpaired) electrons. The number of allylic oxidation sites excluding steroid dienone is 2. The van der Waals surface area contributed by atoms with Crippen LogP contribution in [-0.2, 0) is 32.0 Å². The Morgan fingerprint density at radius 3 is 1.17 bits per heavy atom. The molecule has 7 rings (SSSR count). The van der Waals surface area contributed by atoms with Crippen LogP contribution in [0.3, 0.4) is 0 Å². The number of hydrogen-bond donors (Lipinski definition) is 0. The Morgan fingerprint density at radius 1 is 0.524 bits per heavy atom. The van der Waals surface area contributed by atoms with E-state index < -0.39 is 35.5 Å². The van der Waals surface area contributed by atoms with Crippen molar-refractivity contribution < 1.29 is 38.1 Å². The minimum Gasteiger partial charge on any atom is -0.493 e. The molecular formula is C32H34N2O8. The monoisotopic (exact) mass is 574 g/mol. The number of carbonyl (C=O) groups is 4. The third kappa shape index (κ3) is 4.23. The van der Waals surface area contributed by atoms with Crippen molar-refractivity contribution in [2.75, 3.05) is 41.5 Å². The van der Waals surface area contributed by atoms with Crippen molar-refractivity contribution in [1.29, 1.82) is 0 Å². The van der Waals surface area contributed by atoms with Crippen LogP contribution in [0.5, 0.6) is 23.0 Å². The predicted molar refractivity (Wildman–Crippen MR) is 150 cm³/mol. The third-order valence-corrected chi connectivity index (χ3v) is 9.34. The number of methoxy groups -OCH3 is 4. The van der Waals surface area contributed by atoms with Gasteiger partial charge in [-0.1, -0.05) is 24.3 Å². The van der Waals surface area contributed by atoms with E-state index in [1.165, 1.54) is 9.80 Å². The molecule has 10 heteroatoms. The van der Waals surface area contributed by atoms with Crippen molar-refractivity contribution in [2.24, 2.45) is 35.5 Å². The number of nitrogens with zero attached hydrogens (tertiary/aromatic N) is 2. The largest absolute Gasteiger partial charge is 0.493 e. The molecule has 10 nitrogen and oxygen atoms in total. The van der Waals surface area contributed by atoms with Crippen LogP contribution in [-0.4, -0.2) is 75.0 Å². The first-order chi connectivity index (χ1) is 20.3. The predicted octanol–water partition coefficient (Wildman–Crippen LogP) is 2.52. The van der Waals surface area contributed by atoms with Gasteiger partial charge in [-0.2, -0.15) is 0 Å². The Balaban J connectivity index is 1.17. The fourth-order valence-electron chi connectivity index (χ4n) is 7.34. The summed E-state index contributed by atoms with van der Waals surface area (Å²) in [5.74, 6) is -2.13. The van der Waals surface area contributed by atoms with Gasteiger partial charge >= 0.3 is 0 Å². The lowest BCUT2D eigenvalue weighted by atomic mass is 9.54. The summed E-state index contributed by atoms with van der Waals surface area (Å²) in [5, 5.41) is 0. The van der Waals surface area contributed by atoms with Gasteiger partial charge in [0.05, 0.1) is 52.1 Å². The van der Waals surface area contributed by atoms with Crippen LogP contribution in [0.4, 0.5) is 0 Å². The molecule has 2 aromatic carbocycles. The second-order valence-corrected chi connectivity index (χ2v) is 11.2. The van der Waals surface area contributed by atoms with Crippen molar-refractivity contribution in [3.63, 3.8) is 0 Å². The lowest BCUT2D eigenvalue weighted by Crippen LogP contribution is -2.50. The van der Waals surface area contributed by atoms with E-state index in [0.29, 0.717) is 35.8 Å². The summed E-state index contributed by atoms with van der Waals surface area (Å²) in [6, 6.07) is 11.0. The number of likely N-dealkylation sites (tertiary alicyclic amines) is 2. The fourth-order valence-corrected chi connectivity index (χ4v) is 7.34. The standard InChI is InChI=1S/C32H34N2O8/c1-39-21-9-5-17(15-23(21)41-3)11-13-33-29(35)25-19-7-8-20(26(25)30(33)36)28-27(19)31(37)34(32(28)38)14-12-18-6-10-22(40-2)24(16-18)42-4/h5-10,15-16,19-20,25-28H,11-14H2,1-4H3/t19?,20?,25-,26-,27-,28+/m0/s1. The van der Waals surface area contributed by atoms with Crippen LogP contribution in [0, 0.1) is 35.5 Å². The number of imide groups is 2. The van der Waals surface area contributed by atoms with Gasteiger partial charge in [0.1, 0.15) is 0 Å². The molecule has 0 aromatic heterocycles. The quantitative estimate of drug-likeness (QED) is 0.315. The zero-order chi connectivity index (χ0) is 29.7. The van der Waals surface area contributed by atoms with E-state index in [0.717, 1.165) is 11.1 Å². The summed E-state index contributed by atoms with van der Waals surface area (Å²) in [6.45, 7) is 0.433. The van der Waals surface area contributed by atoms with Gasteiger partial charge in [-0.3, -0.25) is 29.0 Å². The number of benzene rings is 2. The maximum Gasteiger partial charge on any atom is 0.233 e. The summed E-state index contributed by atoms with van der Waals surface area (Å²) in [7, 11) is 6.23. The molecule has 2 bridgehead atoms. The second-order valence-electron chi connectivity index (χ2n) is 11.2. The Labute approximate surface area is 244 Å². The van der Waals surface area contributed by atoms with E-state index in [1.807, 2.05) is 36.4 Å². The molecule has 0 N–H and O–H groups in total. The van der Waals surface area contributed by atoms with E-state index in [1.54, 1.807) is 40.6 Å². The van der Waals surface area contributed by atoms with E-state index in [4.69, 9.17) is 18.9 Å². The molecule has 2 saturated heterocycles. The molecule has 6 atom stereocenters. The maximum atomic E-state index is 13.7. The average Bonchev–Trinajstić information content (AvgIpc) is 3.44. The number of hydrogen-bond acceptors (Lipinski definition) is 8. The van der Waals surface area contributed by atoms with Crippen LogP contribution >= 0.6 is 0 Å². The molecule has 220 valence electrons. The highest BCUT2D eigenvalue weighted by Gasteiger charge is 2.68. The molecule has 2 heterocycles. The zero-order valence-electron chi connectivity index (χ0n) is 24.1. The van der Waals surface area contributed by atoms with Crippen LogP contribution < -0.4 is 18.9 Å². The molecule has 2 aliphatic heterocycles. The summed E-state index contributed by atoms with van der Waals surface area (Å²) in [5.41, 5.74) is 1.80. The molecule has 5 aliphatic rings. The molecule has 0 spiro atoms. The number of ether oxygens (including phenoxy) is 4. The van der Waals surface area contributed by atoms with Crippen molar-refractivity contribution >= 4 is 23.6 Å². The smallest absolute Gasteiger partial charge is 0.233 e. The molecule has 42 heavy (non-hydrogen) atoms. The lowest BCUT2D eigenvalue weighted by molar-refractivity contribution is -0.140. The topological polar surface area (TPSA) is 112 Å². The Bertz CT molecular complexity index is 1330. The minimum absolute atomic E-state index is 0.217. The van der Waals surface area contributed by atoms with Crippen LogP contribution in [0.25, 0.3) is 0 Å². The van der Waals surface area contributed by atoms with Crippen molar-refractivity contribution in [3.8, 4) is 23.0 Å². The van der Waals surface area contributed by atoms with E-state index in [2.05, 4.69) is 0 Å². The van der Waals surface area contributed by atoms with Gasteiger partial charge in [-0.25, -0.2) is 0 Å². The summed E-state index contributed by atoms with van der Waals surface area (Å²) in [6.07, 6.45) is 4.68. The van der Waals surface area contributed by atoms with Gasteiger partial charge in [0, 0.05) is 24.9 Å². The highest BCUT2D eigenvalue weighted by atomic mass is 16.5. The first-order valence-corrected chi connectivity index (χ1v) is 14.1. The van der Waals surface area contributed by atoms with Crippen molar-refractivity contribution in [2.45, 2.75) is 12.8 Å². The van der Waals surface area contributed by atoms with Crippen LogP contribution in [0.1, 0.15) is 11.1 Å². The Hall–Kier alpha value is -4.34. The third-order valence-electron chi connectivity index (χ3n) is 9.34. The zero-order valence-corrected chi connectivity index (χ0v) is 24.1. The van der Waals surface area contributed by atoms with Gasteiger partial charge < -0.3 is 18.9 Å². The number of rotatable bonds is 10. The van der Waals surface area contributed by atoms with E-state index in [-0.39, 0.29) is 36.7 Å². The number of carbonyl (C=O) groups excluding carboxylic acids is 4. The summed E-state index contributed by atoms with van der Waals surface area (Å²) < 4.78 is 21.3. The second kappa shape index (κ2) is 10.8. The van der Waals surface area contributed by atoms with E-state index >= 15 is 0 Å². The molecular weight excluding hydrogens is 540 g/mol. The average molecular weight is 575 g/mol. The summed E-state index contributed by atoms with van der Waals surface area (Å²) in [4.78, 5) is 57.3. The Kier molecular flexibility index (Phi) is 7.16. The highest BCUT2D eigenvalue weighted by molar-refractivity contribution is 6.10. The van der Waals surface area contributed by atoms with Crippen LogP contribution in [0.2, 0.25) is 0 Å².